The Labute approximate surface area is 162 Å². The van der Waals surface area contributed by atoms with E-state index in [1.54, 1.807) is 0 Å². The number of likely N-dealkylation sites (tertiary alicyclic amines) is 1. The summed E-state index contributed by atoms with van der Waals surface area (Å²) in [5.41, 5.74) is 0.709. The lowest BCUT2D eigenvalue weighted by Crippen LogP contribution is -2.42. The fourth-order valence-corrected chi connectivity index (χ4v) is 3.90. The number of nitrogens with zero attached hydrogens (tertiary/aromatic N) is 2. The molecule has 1 atom stereocenters. The topological polar surface area (TPSA) is 99.2 Å². The second kappa shape index (κ2) is 8.22. The van der Waals surface area contributed by atoms with Gasteiger partial charge in [0.25, 0.3) is 0 Å². The molecule has 6 nitrogen and oxygen atoms in total. The number of hydrogen-bond donors (Lipinski definition) is 2. The minimum absolute atomic E-state index is 0.0402. The maximum absolute atomic E-state index is 13.9. The molecule has 2 aromatic rings. The van der Waals surface area contributed by atoms with E-state index in [9.17, 15) is 22.5 Å². The van der Waals surface area contributed by atoms with Gasteiger partial charge in [0.2, 0.25) is 10.0 Å². The second-order valence-corrected chi connectivity index (χ2v) is 8.34. The van der Waals surface area contributed by atoms with E-state index in [1.807, 2.05) is 11.0 Å². The van der Waals surface area contributed by atoms with Gasteiger partial charge in [-0.1, -0.05) is 6.07 Å². The smallest absolute Gasteiger partial charge is 0.238 e. The second-order valence-electron chi connectivity index (χ2n) is 6.78. The molecule has 0 aromatic heterocycles. The maximum Gasteiger partial charge on any atom is 0.238 e. The summed E-state index contributed by atoms with van der Waals surface area (Å²) in [6.07, 6.45) is 1.64. The highest BCUT2D eigenvalue weighted by Gasteiger charge is 2.23. The normalized spacial score (nSPS) is 17.9. The standard InChI is InChI=1S/C19H20F2N4O2S/c20-17-4-1-5-18(21)16(17)12-25-8-2-3-14(11-25)24-19-7-6-15(28(23,26)27)9-13(19)10-22/h1,4-7,9,14,24H,2-3,8,11-12H2,(H2,23,26,27). The van der Waals surface area contributed by atoms with Crippen LogP contribution in [0.15, 0.2) is 41.3 Å². The van der Waals surface area contributed by atoms with Gasteiger partial charge in [-0.25, -0.2) is 22.3 Å². The van der Waals surface area contributed by atoms with Crippen molar-refractivity contribution in [1.29, 1.82) is 5.26 Å². The van der Waals surface area contributed by atoms with Crippen molar-refractivity contribution in [2.45, 2.75) is 30.3 Å². The van der Waals surface area contributed by atoms with Gasteiger partial charge in [0.1, 0.15) is 17.7 Å². The maximum atomic E-state index is 13.9. The number of anilines is 1. The number of piperidine rings is 1. The number of nitriles is 1. The summed E-state index contributed by atoms with van der Waals surface area (Å²) in [5, 5.41) is 17.7. The van der Waals surface area contributed by atoms with E-state index in [2.05, 4.69) is 5.32 Å². The lowest BCUT2D eigenvalue weighted by atomic mass is 10.0. The number of hydrogen-bond acceptors (Lipinski definition) is 5. The van der Waals surface area contributed by atoms with Gasteiger partial charge in [-0.05, 0) is 49.7 Å². The van der Waals surface area contributed by atoms with E-state index in [0.29, 0.717) is 18.8 Å². The molecular weight excluding hydrogens is 386 g/mol. The van der Waals surface area contributed by atoms with Crippen LogP contribution in [0.5, 0.6) is 0 Å². The van der Waals surface area contributed by atoms with E-state index in [0.717, 1.165) is 12.8 Å². The van der Waals surface area contributed by atoms with Gasteiger partial charge < -0.3 is 5.32 Å². The molecule has 28 heavy (non-hydrogen) atoms. The van der Waals surface area contributed by atoms with Crippen molar-refractivity contribution in [2.75, 3.05) is 18.4 Å². The molecular formula is C19H20F2N4O2S. The SMILES string of the molecule is N#Cc1cc(S(N)(=O)=O)ccc1NC1CCCN(Cc2c(F)cccc2F)C1. The summed E-state index contributed by atoms with van der Waals surface area (Å²) in [5.74, 6) is -1.14. The molecule has 1 fully saturated rings. The fourth-order valence-electron chi connectivity index (χ4n) is 3.36. The van der Waals surface area contributed by atoms with Gasteiger partial charge in [-0.3, -0.25) is 4.90 Å². The van der Waals surface area contributed by atoms with Crippen molar-refractivity contribution >= 4 is 15.7 Å². The number of rotatable bonds is 5. The summed E-state index contributed by atoms with van der Waals surface area (Å²) in [7, 11) is -3.89. The van der Waals surface area contributed by atoms with Crippen LogP contribution >= 0.6 is 0 Å². The highest BCUT2D eigenvalue weighted by atomic mass is 32.2. The molecule has 0 radical (unpaired) electrons. The summed E-state index contributed by atoms with van der Waals surface area (Å²) >= 11 is 0. The van der Waals surface area contributed by atoms with Crippen LogP contribution in [0.25, 0.3) is 0 Å². The minimum atomic E-state index is -3.89. The summed E-state index contributed by atoms with van der Waals surface area (Å²) in [4.78, 5) is 1.82. The molecule has 0 bridgehead atoms. The molecule has 1 aliphatic heterocycles. The molecule has 1 saturated heterocycles. The number of nitrogens with two attached hydrogens (primary N) is 1. The highest BCUT2D eigenvalue weighted by Crippen LogP contribution is 2.24. The van der Waals surface area contributed by atoms with Crippen molar-refractivity contribution in [3.05, 3.63) is 59.2 Å². The molecule has 0 amide bonds. The monoisotopic (exact) mass is 406 g/mol. The molecule has 3 rings (SSSR count). The van der Waals surface area contributed by atoms with Crippen LogP contribution in [0.1, 0.15) is 24.0 Å². The Morgan fingerprint density at radius 2 is 1.96 bits per heavy atom. The van der Waals surface area contributed by atoms with Crippen LogP contribution < -0.4 is 10.5 Å². The molecule has 1 unspecified atom stereocenters. The first-order valence-electron chi connectivity index (χ1n) is 8.76. The number of primary sulfonamides is 1. The van der Waals surface area contributed by atoms with E-state index < -0.39 is 21.7 Å². The van der Waals surface area contributed by atoms with Gasteiger partial charge >= 0.3 is 0 Å². The number of benzene rings is 2. The third-order valence-electron chi connectivity index (χ3n) is 4.75. The van der Waals surface area contributed by atoms with Gasteiger partial charge in [0.05, 0.1) is 16.1 Å². The summed E-state index contributed by atoms with van der Waals surface area (Å²) in [6.45, 7) is 1.41. The molecule has 148 valence electrons. The Hall–Kier alpha value is -2.54. The number of nitrogens with one attached hydrogen (secondary N) is 1. The first-order chi connectivity index (χ1) is 13.3. The fraction of sp³-hybridized carbons (Fsp3) is 0.316. The van der Waals surface area contributed by atoms with Crippen LogP contribution in [0.4, 0.5) is 14.5 Å². The van der Waals surface area contributed by atoms with Crippen molar-refractivity contribution in [3.8, 4) is 6.07 Å². The highest BCUT2D eigenvalue weighted by molar-refractivity contribution is 7.89. The Bertz CT molecular complexity index is 1000. The van der Waals surface area contributed by atoms with Gasteiger partial charge in [0, 0.05) is 24.7 Å². The van der Waals surface area contributed by atoms with Crippen molar-refractivity contribution < 1.29 is 17.2 Å². The van der Waals surface area contributed by atoms with E-state index in [1.165, 1.54) is 36.4 Å². The van der Waals surface area contributed by atoms with Crippen LogP contribution in [0.3, 0.4) is 0 Å². The lowest BCUT2D eigenvalue weighted by molar-refractivity contribution is 0.203. The first-order valence-corrected chi connectivity index (χ1v) is 10.3. The minimum Gasteiger partial charge on any atom is -0.380 e. The zero-order chi connectivity index (χ0) is 20.3. The average molecular weight is 406 g/mol. The van der Waals surface area contributed by atoms with Gasteiger partial charge in [-0.15, -0.1) is 0 Å². The average Bonchev–Trinajstić information content (AvgIpc) is 2.64. The predicted molar refractivity (Wildman–Crippen MR) is 101 cm³/mol. The van der Waals surface area contributed by atoms with Crippen molar-refractivity contribution in [2.24, 2.45) is 5.14 Å². The molecule has 0 saturated carbocycles. The van der Waals surface area contributed by atoms with E-state index in [4.69, 9.17) is 5.14 Å². The molecule has 9 heteroatoms. The number of halogens is 2. The van der Waals surface area contributed by atoms with Crippen molar-refractivity contribution in [1.82, 2.24) is 4.90 Å². The summed E-state index contributed by atoms with van der Waals surface area (Å²) < 4.78 is 50.7. The number of sulfonamides is 1. The molecule has 3 N–H and O–H groups in total. The molecule has 1 aliphatic rings. The quantitative estimate of drug-likeness (QED) is 0.795. The zero-order valence-corrected chi connectivity index (χ0v) is 15.8. The molecule has 0 spiro atoms. The Morgan fingerprint density at radius 1 is 1.25 bits per heavy atom. The molecule has 2 aromatic carbocycles. The van der Waals surface area contributed by atoms with Crippen molar-refractivity contribution in [3.63, 3.8) is 0 Å². The lowest BCUT2D eigenvalue weighted by Gasteiger charge is -2.34. The Kier molecular flexibility index (Phi) is 5.93. The first kappa shape index (κ1) is 20.2. The van der Waals surface area contributed by atoms with E-state index in [-0.39, 0.29) is 28.6 Å². The predicted octanol–water partition coefficient (Wildman–Crippen LogP) is 2.56. The summed E-state index contributed by atoms with van der Waals surface area (Å²) in [6, 6.07) is 9.82. The zero-order valence-electron chi connectivity index (χ0n) is 15.0. The van der Waals surface area contributed by atoms with Crippen LogP contribution in [-0.2, 0) is 16.6 Å². The van der Waals surface area contributed by atoms with E-state index >= 15 is 0 Å². The molecule has 1 heterocycles. The van der Waals surface area contributed by atoms with Crippen LogP contribution in [0.2, 0.25) is 0 Å². The van der Waals surface area contributed by atoms with Crippen LogP contribution in [0, 0.1) is 23.0 Å². The molecule has 0 aliphatic carbocycles. The van der Waals surface area contributed by atoms with Crippen LogP contribution in [-0.4, -0.2) is 32.4 Å². The Morgan fingerprint density at radius 3 is 2.61 bits per heavy atom. The Balaban J connectivity index is 1.73. The third kappa shape index (κ3) is 4.65. The van der Waals surface area contributed by atoms with Gasteiger partial charge in [0.15, 0.2) is 0 Å². The van der Waals surface area contributed by atoms with Gasteiger partial charge in [-0.2, -0.15) is 5.26 Å². The largest absolute Gasteiger partial charge is 0.380 e. The third-order valence-corrected chi connectivity index (χ3v) is 5.66.